The van der Waals surface area contributed by atoms with Gasteiger partial charge in [0.15, 0.2) is 0 Å². The van der Waals surface area contributed by atoms with Crippen LogP contribution in [-0.4, -0.2) is 54.4 Å². The van der Waals surface area contributed by atoms with Crippen LogP contribution in [0.3, 0.4) is 0 Å². The smallest absolute Gasteiger partial charge is 0.409 e. The molecule has 0 bridgehead atoms. The lowest BCUT2D eigenvalue weighted by Gasteiger charge is -2.37. The van der Waals surface area contributed by atoms with Crippen LogP contribution in [0.1, 0.15) is 34.1 Å². The standard InChI is InChI=1S/C14H26N2O4/c1-5-20-13(19)16-7-10(12(17)18)6-11(8-16)15-9-14(2,3)4/h10-11,15H,5-9H2,1-4H3,(H,17,18). The largest absolute Gasteiger partial charge is 0.481 e. The zero-order valence-corrected chi connectivity index (χ0v) is 12.8. The quantitative estimate of drug-likeness (QED) is 0.820. The van der Waals surface area contributed by atoms with E-state index in [1.54, 1.807) is 6.92 Å². The number of amides is 1. The molecular formula is C14H26N2O4. The van der Waals surface area contributed by atoms with Crippen LogP contribution in [0.2, 0.25) is 0 Å². The maximum absolute atomic E-state index is 11.8. The van der Waals surface area contributed by atoms with Crippen molar-refractivity contribution in [2.24, 2.45) is 11.3 Å². The third-order valence-corrected chi connectivity index (χ3v) is 3.25. The number of aliphatic carboxylic acids is 1. The molecule has 116 valence electrons. The number of rotatable bonds is 4. The molecule has 0 aliphatic carbocycles. The summed E-state index contributed by atoms with van der Waals surface area (Å²) in [5.74, 6) is -1.40. The van der Waals surface area contributed by atoms with E-state index >= 15 is 0 Å². The van der Waals surface area contributed by atoms with Crippen LogP contribution in [0.5, 0.6) is 0 Å². The van der Waals surface area contributed by atoms with E-state index in [4.69, 9.17) is 4.74 Å². The summed E-state index contributed by atoms with van der Waals surface area (Å²) in [5.41, 5.74) is 0.116. The van der Waals surface area contributed by atoms with Crippen molar-refractivity contribution in [3.8, 4) is 0 Å². The Morgan fingerprint density at radius 2 is 2.00 bits per heavy atom. The first kappa shape index (κ1) is 16.8. The van der Waals surface area contributed by atoms with Gasteiger partial charge in [0.05, 0.1) is 12.5 Å². The zero-order valence-electron chi connectivity index (χ0n) is 12.8. The van der Waals surface area contributed by atoms with Gasteiger partial charge in [-0.1, -0.05) is 20.8 Å². The minimum atomic E-state index is -0.860. The molecule has 0 aromatic heterocycles. The molecular weight excluding hydrogens is 260 g/mol. The monoisotopic (exact) mass is 286 g/mol. The Morgan fingerprint density at radius 1 is 1.35 bits per heavy atom. The molecule has 20 heavy (non-hydrogen) atoms. The van der Waals surface area contributed by atoms with Gasteiger partial charge in [-0.3, -0.25) is 4.79 Å². The van der Waals surface area contributed by atoms with Gasteiger partial charge in [-0.2, -0.15) is 0 Å². The van der Waals surface area contributed by atoms with E-state index in [-0.39, 0.29) is 18.0 Å². The van der Waals surface area contributed by atoms with E-state index in [0.717, 1.165) is 6.54 Å². The lowest BCUT2D eigenvalue weighted by molar-refractivity contribution is -0.143. The Bertz CT molecular complexity index is 352. The Kier molecular flexibility index (Phi) is 5.80. The SMILES string of the molecule is CCOC(=O)N1CC(NCC(C)(C)C)CC(C(=O)O)C1. The highest BCUT2D eigenvalue weighted by Gasteiger charge is 2.34. The number of piperidine rings is 1. The van der Waals surface area contributed by atoms with Gasteiger partial charge >= 0.3 is 12.1 Å². The highest BCUT2D eigenvalue weighted by atomic mass is 16.6. The van der Waals surface area contributed by atoms with Crippen molar-refractivity contribution in [3.05, 3.63) is 0 Å². The number of hydrogen-bond acceptors (Lipinski definition) is 4. The van der Waals surface area contributed by atoms with E-state index in [1.807, 2.05) is 0 Å². The van der Waals surface area contributed by atoms with Gasteiger partial charge in [0, 0.05) is 25.7 Å². The van der Waals surface area contributed by atoms with Crippen LogP contribution in [0.25, 0.3) is 0 Å². The molecule has 1 amide bonds. The second-order valence-electron chi connectivity index (χ2n) is 6.51. The third kappa shape index (κ3) is 5.36. The molecule has 6 nitrogen and oxygen atoms in total. The summed E-state index contributed by atoms with van der Waals surface area (Å²) >= 11 is 0. The lowest BCUT2D eigenvalue weighted by Crippen LogP contribution is -2.54. The summed E-state index contributed by atoms with van der Waals surface area (Å²) in [4.78, 5) is 24.5. The normalized spacial score (nSPS) is 23.5. The van der Waals surface area contributed by atoms with Crippen LogP contribution in [-0.2, 0) is 9.53 Å². The molecule has 0 spiro atoms. The Labute approximate surface area is 120 Å². The van der Waals surface area contributed by atoms with Gasteiger partial charge < -0.3 is 20.1 Å². The number of ether oxygens (including phenoxy) is 1. The van der Waals surface area contributed by atoms with Crippen molar-refractivity contribution in [1.29, 1.82) is 0 Å². The molecule has 0 aromatic carbocycles. The number of hydrogen-bond donors (Lipinski definition) is 2. The van der Waals surface area contributed by atoms with E-state index in [1.165, 1.54) is 4.90 Å². The molecule has 1 saturated heterocycles. The highest BCUT2D eigenvalue weighted by molar-refractivity contribution is 5.73. The Balaban J connectivity index is 2.65. The zero-order chi connectivity index (χ0) is 15.3. The van der Waals surface area contributed by atoms with Crippen molar-refractivity contribution in [3.63, 3.8) is 0 Å². The first-order valence-electron chi connectivity index (χ1n) is 7.11. The first-order chi connectivity index (χ1) is 9.23. The van der Waals surface area contributed by atoms with E-state index < -0.39 is 18.0 Å². The Morgan fingerprint density at radius 3 is 2.50 bits per heavy atom. The van der Waals surface area contributed by atoms with Crippen molar-refractivity contribution < 1.29 is 19.4 Å². The average Bonchev–Trinajstić information content (AvgIpc) is 2.35. The fraction of sp³-hybridized carbons (Fsp3) is 0.857. The first-order valence-corrected chi connectivity index (χ1v) is 7.11. The Hall–Kier alpha value is -1.30. The van der Waals surface area contributed by atoms with Crippen molar-refractivity contribution in [2.75, 3.05) is 26.2 Å². The molecule has 1 aliphatic rings. The van der Waals surface area contributed by atoms with Crippen LogP contribution in [0, 0.1) is 11.3 Å². The van der Waals surface area contributed by atoms with Crippen LogP contribution in [0.4, 0.5) is 4.79 Å². The fourth-order valence-electron chi connectivity index (χ4n) is 2.24. The van der Waals surface area contributed by atoms with Gasteiger partial charge in [-0.05, 0) is 18.8 Å². The van der Waals surface area contributed by atoms with Gasteiger partial charge in [-0.15, -0.1) is 0 Å². The van der Waals surface area contributed by atoms with Gasteiger partial charge in [0.2, 0.25) is 0 Å². The topological polar surface area (TPSA) is 78.9 Å². The second-order valence-corrected chi connectivity index (χ2v) is 6.51. The van der Waals surface area contributed by atoms with Crippen molar-refractivity contribution in [2.45, 2.75) is 40.2 Å². The third-order valence-electron chi connectivity index (χ3n) is 3.25. The molecule has 6 heteroatoms. The van der Waals surface area contributed by atoms with Crippen LogP contribution in [0.15, 0.2) is 0 Å². The van der Waals surface area contributed by atoms with Crippen molar-refractivity contribution in [1.82, 2.24) is 10.2 Å². The molecule has 2 unspecified atom stereocenters. The summed E-state index contributed by atoms with van der Waals surface area (Å²) in [6, 6.07) is -0.00604. The molecule has 0 radical (unpaired) electrons. The second kappa shape index (κ2) is 6.92. The average molecular weight is 286 g/mol. The molecule has 1 heterocycles. The van der Waals surface area contributed by atoms with Gasteiger partial charge in [-0.25, -0.2) is 4.79 Å². The van der Waals surface area contributed by atoms with E-state index in [9.17, 15) is 14.7 Å². The molecule has 1 aliphatic heterocycles. The maximum Gasteiger partial charge on any atom is 0.409 e. The summed E-state index contributed by atoms with van der Waals surface area (Å²) < 4.78 is 4.97. The molecule has 1 rings (SSSR count). The molecule has 2 atom stereocenters. The maximum atomic E-state index is 11.8. The number of likely N-dealkylation sites (tertiary alicyclic amines) is 1. The van der Waals surface area contributed by atoms with Gasteiger partial charge in [0.1, 0.15) is 0 Å². The highest BCUT2D eigenvalue weighted by Crippen LogP contribution is 2.20. The number of carboxylic acids is 1. The predicted molar refractivity (Wildman–Crippen MR) is 75.6 cm³/mol. The van der Waals surface area contributed by atoms with Crippen LogP contribution < -0.4 is 5.32 Å². The lowest BCUT2D eigenvalue weighted by atomic mass is 9.92. The minimum Gasteiger partial charge on any atom is -0.481 e. The number of carboxylic acid groups (broad SMARTS) is 1. The molecule has 2 N–H and O–H groups in total. The van der Waals surface area contributed by atoms with Crippen LogP contribution >= 0.6 is 0 Å². The van der Waals surface area contributed by atoms with E-state index in [0.29, 0.717) is 19.6 Å². The number of nitrogens with one attached hydrogen (secondary N) is 1. The minimum absolute atomic E-state index is 0.00604. The number of nitrogens with zero attached hydrogens (tertiary/aromatic N) is 1. The summed E-state index contributed by atoms with van der Waals surface area (Å²) in [5, 5.41) is 12.6. The number of carbonyl (C=O) groups is 2. The predicted octanol–water partition coefficient (Wildman–Crippen LogP) is 1.55. The van der Waals surface area contributed by atoms with Gasteiger partial charge in [0.25, 0.3) is 0 Å². The summed E-state index contributed by atoms with van der Waals surface area (Å²) in [7, 11) is 0. The molecule has 0 aromatic rings. The van der Waals surface area contributed by atoms with E-state index in [2.05, 4.69) is 26.1 Å². The number of carbonyl (C=O) groups excluding carboxylic acids is 1. The summed E-state index contributed by atoms with van der Waals surface area (Å²) in [6.45, 7) is 9.88. The summed E-state index contributed by atoms with van der Waals surface area (Å²) in [6.07, 6.45) is 0.113. The molecule has 1 fully saturated rings. The fourth-order valence-corrected chi connectivity index (χ4v) is 2.24. The molecule has 0 saturated carbocycles. The van der Waals surface area contributed by atoms with Crippen molar-refractivity contribution >= 4 is 12.1 Å².